The lowest BCUT2D eigenvalue weighted by molar-refractivity contribution is 0.0504. The van der Waals surface area contributed by atoms with Gasteiger partial charge in [-0.1, -0.05) is 6.07 Å². The van der Waals surface area contributed by atoms with E-state index in [1.165, 1.54) is 19.2 Å². The van der Waals surface area contributed by atoms with E-state index >= 15 is 0 Å². The van der Waals surface area contributed by atoms with Gasteiger partial charge in [0.25, 0.3) is 0 Å². The van der Waals surface area contributed by atoms with Gasteiger partial charge in [0, 0.05) is 18.2 Å². The van der Waals surface area contributed by atoms with Crippen molar-refractivity contribution in [3.05, 3.63) is 29.6 Å². The number of alkyl carbamates (subject to hydrolysis) is 1. The molecule has 0 spiro atoms. The molecule has 112 valence electrons. The predicted molar refractivity (Wildman–Crippen MR) is 74.1 cm³/mol. The summed E-state index contributed by atoms with van der Waals surface area (Å²) in [5, 5.41) is 2.55. The summed E-state index contributed by atoms with van der Waals surface area (Å²) >= 11 is 0. The summed E-state index contributed by atoms with van der Waals surface area (Å²) in [7, 11) is 1.45. The van der Waals surface area contributed by atoms with Gasteiger partial charge in [-0.2, -0.15) is 0 Å². The number of benzene rings is 1. The molecule has 0 aliphatic carbocycles. The quantitative estimate of drug-likeness (QED) is 0.890. The molecule has 1 unspecified atom stereocenters. The SMILES string of the molecule is COc1ccc(C(CN)NC(=O)OC(C)(C)C)c(F)c1. The first-order valence-corrected chi connectivity index (χ1v) is 6.30. The van der Waals surface area contributed by atoms with Gasteiger partial charge < -0.3 is 20.5 Å². The fourth-order valence-corrected chi connectivity index (χ4v) is 1.63. The molecule has 1 amide bonds. The topological polar surface area (TPSA) is 73.6 Å². The van der Waals surface area contributed by atoms with Crippen molar-refractivity contribution in [2.75, 3.05) is 13.7 Å². The van der Waals surface area contributed by atoms with Crippen LogP contribution in [0.3, 0.4) is 0 Å². The van der Waals surface area contributed by atoms with Crippen LogP contribution in [0.2, 0.25) is 0 Å². The first kappa shape index (κ1) is 16.2. The molecule has 0 aromatic heterocycles. The van der Waals surface area contributed by atoms with Crippen molar-refractivity contribution < 1.29 is 18.7 Å². The van der Waals surface area contributed by atoms with Crippen LogP contribution in [0.4, 0.5) is 9.18 Å². The Morgan fingerprint density at radius 1 is 1.45 bits per heavy atom. The van der Waals surface area contributed by atoms with Gasteiger partial charge in [-0.25, -0.2) is 9.18 Å². The number of amides is 1. The van der Waals surface area contributed by atoms with Gasteiger partial charge in [-0.15, -0.1) is 0 Å². The summed E-state index contributed by atoms with van der Waals surface area (Å²) in [6, 6.07) is 3.73. The highest BCUT2D eigenvalue weighted by molar-refractivity contribution is 5.68. The molecule has 1 aromatic carbocycles. The van der Waals surface area contributed by atoms with E-state index in [0.29, 0.717) is 11.3 Å². The maximum absolute atomic E-state index is 13.9. The van der Waals surface area contributed by atoms with Gasteiger partial charge in [0.2, 0.25) is 0 Å². The summed E-state index contributed by atoms with van der Waals surface area (Å²) in [4.78, 5) is 11.7. The zero-order valence-corrected chi connectivity index (χ0v) is 12.2. The minimum absolute atomic E-state index is 0.0580. The number of rotatable bonds is 4. The lowest BCUT2D eigenvalue weighted by atomic mass is 10.1. The highest BCUT2D eigenvalue weighted by atomic mass is 19.1. The number of hydrogen-bond acceptors (Lipinski definition) is 4. The van der Waals surface area contributed by atoms with Crippen molar-refractivity contribution in [1.29, 1.82) is 0 Å². The third kappa shape index (κ3) is 4.70. The molecule has 0 aliphatic heterocycles. The molecule has 0 bridgehead atoms. The van der Waals surface area contributed by atoms with Gasteiger partial charge in [0.15, 0.2) is 0 Å². The summed E-state index contributed by atoms with van der Waals surface area (Å²) < 4.78 is 24.0. The van der Waals surface area contributed by atoms with E-state index in [2.05, 4.69) is 5.32 Å². The monoisotopic (exact) mass is 284 g/mol. The average molecular weight is 284 g/mol. The molecule has 0 saturated carbocycles. The number of carbonyl (C=O) groups excluding carboxylic acids is 1. The number of methoxy groups -OCH3 is 1. The largest absolute Gasteiger partial charge is 0.497 e. The molecule has 5 nitrogen and oxygen atoms in total. The predicted octanol–water partition coefficient (Wildman–Crippen LogP) is 2.36. The Bertz CT molecular complexity index is 472. The van der Waals surface area contributed by atoms with Crippen LogP contribution in [-0.2, 0) is 4.74 Å². The number of ether oxygens (including phenoxy) is 2. The zero-order valence-electron chi connectivity index (χ0n) is 12.2. The molecular weight excluding hydrogens is 263 g/mol. The number of carbonyl (C=O) groups is 1. The Kier molecular flexibility index (Phi) is 5.33. The van der Waals surface area contributed by atoms with E-state index in [9.17, 15) is 9.18 Å². The lowest BCUT2D eigenvalue weighted by Crippen LogP contribution is -2.38. The second-order valence-electron chi connectivity index (χ2n) is 5.32. The van der Waals surface area contributed by atoms with Crippen molar-refractivity contribution in [3.63, 3.8) is 0 Å². The minimum Gasteiger partial charge on any atom is -0.497 e. The highest BCUT2D eigenvalue weighted by Gasteiger charge is 2.21. The van der Waals surface area contributed by atoms with Gasteiger partial charge >= 0.3 is 6.09 Å². The van der Waals surface area contributed by atoms with Gasteiger partial charge in [0.05, 0.1) is 13.2 Å². The molecule has 0 fully saturated rings. The first-order valence-electron chi connectivity index (χ1n) is 6.30. The van der Waals surface area contributed by atoms with Crippen molar-refractivity contribution in [1.82, 2.24) is 5.32 Å². The zero-order chi connectivity index (χ0) is 15.3. The summed E-state index contributed by atoms with van der Waals surface area (Å²) in [5.41, 5.74) is 5.26. The van der Waals surface area contributed by atoms with Gasteiger partial charge in [-0.3, -0.25) is 0 Å². The maximum atomic E-state index is 13.9. The van der Waals surface area contributed by atoms with Crippen LogP contribution in [-0.4, -0.2) is 25.3 Å². The highest BCUT2D eigenvalue weighted by Crippen LogP contribution is 2.22. The van der Waals surface area contributed by atoms with Crippen molar-refractivity contribution in [2.45, 2.75) is 32.4 Å². The Morgan fingerprint density at radius 3 is 2.55 bits per heavy atom. The number of hydrogen-bond donors (Lipinski definition) is 2. The van der Waals surface area contributed by atoms with Gasteiger partial charge in [0.1, 0.15) is 17.2 Å². The van der Waals surface area contributed by atoms with Crippen molar-refractivity contribution in [3.8, 4) is 5.75 Å². The second-order valence-corrected chi connectivity index (χ2v) is 5.32. The Balaban J connectivity index is 2.83. The molecule has 0 saturated heterocycles. The first-order chi connectivity index (χ1) is 9.26. The van der Waals surface area contributed by atoms with E-state index in [-0.39, 0.29) is 6.54 Å². The fraction of sp³-hybridized carbons (Fsp3) is 0.500. The van der Waals surface area contributed by atoms with Crippen molar-refractivity contribution in [2.24, 2.45) is 5.73 Å². The molecule has 3 N–H and O–H groups in total. The van der Waals surface area contributed by atoms with Gasteiger partial charge in [-0.05, 0) is 26.8 Å². The van der Waals surface area contributed by atoms with Crippen LogP contribution in [0.5, 0.6) is 5.75 Å². The Morgan fingerprint density at radius 2 is 2.10 bits per heavy atom. The third-order valence-corrected chi connectivity index (χ3v) is 2.51. The normalized spacial score (nSPS) is 12.7. The van der Waals surface area contributed by atoms with Crippen LogP contribution in [0.1, 0.15) is 32.4 Å². The maximum Gasteiger partial charge on any atom is 0.408 e. The smallest absolute Gasteiger partial charge is 0.408 e. The molecule has 6 heteroatoms. The fourth-order valence-electron chi connectivity index (χ4n) is 1.63. The molecule has 1 aromatic rings. The summed E-state index contributed by atoms with van der Waals surface area (Å²) in [6.45, 7) is 5.30. The van der Waals surface area contributed by atoms with E-state index in [1.807, 2.05) is 0 Å². The molecule has 1 atom stereocenters. The molecule has 0 aliphatic rings. The summed E-state index contributed by atoms with van der Waals surface area (Å²) in [5.74, 6) is -0.0878. The second kappa shape index (κ2) is 6.56. The molecule has 0 radical (unpaired) electrons. The molecule has 20 heavy (non-hydrogen) atoms. The van der Waals surface area contributed by atoms with Crippen molar-refractivity contribution >= 4 is 6.09 Å². The number of nitrogens with two attached hydrogens (primary N) is 1. The minimum atomic E-state index is -0.657. The lowest BCUT2D eigenvalue weighted by Gasteiger charge is -2.23. The summed E-state index contributed by atoms with van der Waals surface area (Å²) in [6.07, 6.45) is -0.636. The van der Waals surface area contributed by atoms with E-state index in [4.69, 9.17) is 15.2 Å². The number of halogens is 1. The van der Waals surface area contributed by atoms with Crippen LogP contribution >= 0.6 is 0 Å². The van der Waals surface area contributed by atoms with Crippen LogP contribution in [0.15, 0.2) is 18.2 Å². The molecule has 0 heterocycles. The Labute approximate surface area is 118 Å². The van der Waals surface area contributed by atoms with E-state index < -0.39 is 23.6 Å². The Hall–Kier alpha value is -1.82. The van der Waals surface area contributed by atoms with Crippen LogP contribution in [0.25, 0.3) is 0 Å². The van der Waals surface area contributed by atoms with E-state index in [0.717, 1.165) is 0 Å². The average Bonchev–Trinajstić information content (AvgIpc) is 2.34. The number of nitrogens with one attached hydrogen (secondary N) is 1. The van der Waals surface area contributed by atoms with Crippen LogP contribution in [0, 0.1) is 5.82 Å². The standard InChI is InChI=1S/C14H21FN2O3/c1-14(2,3)20-13(18)17-12(8-16)10-6-5-9(19-4)7-11(10)15/h5-7,12H,8,16H2,1-4H3,(H,17,18). The molecule has 1 rings (SSSR count). The molecular formula is C14H21FN2O3. The third-order valence-electron chi connectivity index (χ3n) is 2.51. The van der Waals surface area contributed by atoms with E-state index in [1.54, 1.807) is 26.8 Å². The van der Waals surface area contributed by atoms with Crippen LogP contribution < -0.4 is 15.8 Å².